The number of β-amino-alcohol motifs (C(OH)–C–C–N with tert-alkyl or cyclic N) is 1. The first-order chi connectivity index (χ1) is 15.1. The number of carbonyl (C=O) groups excluding carboxylic acids is 1. The highest BCUT2D eigenvalue weighted by Crippen LogP contribution is 2.34. The van der Waals surface area contributed by atoms with Crippen LogP contribution in [0.4, 0.5) is 8.78 Å². The molecule has 1 N–H and O–H groups in total. The monoisotopic (exact) mass is 444 g/mol. The normalized spacial score (nSPS) is 18.2. The van der Waals surface area contributed by atoms with Crippen LogP contribution < -0.4 is 0 Å². The van der Waals surface area contributed by atoms with E-state index in [0.29, 0.717) is 30.1 Å². The van der Waals surface area contributed by atoms with Crippen LogP contribution in [0.3, 0.4) is 0 Å². The Morgan fingerprint density at radius 1 is 1.09 bits per heavy atom. The van der Waals surface area contributed by atoms with Gasteiger partial charge < -0.3 is 10.0 Å². The summed E-state index contributed by atoms with van der Waals surface area (Å²) in [7, 11) is 1.79. The molecule has 0 bridgehead atoms. The van der Waals surface area contributed by atoms with Gasteiger partial charge >= 0.3 is 0 Å². The highest BCUT2D eigenvalue weighted by atomic mass is 19.1. The molecular weight excluding hydrogens is 410 g/mol. The summed E-state index contributed by atoms with van der Waals surface area (Å²) in [6, 6.07) is 12.0. The molecule has 0 saturated carbocycles. The quantitative estimate of drug-likeness (QED) is 0.663. The molecule has 1 amide bonds. The highest BCUT2D eigenvalue weighted by Gasteiger charge is 2.40. The van der Waals surface area contributed by atoms with E-state index in [9.17, 15) is 18.7 Å². The van der Waals surface area contributed by atoms with Crippen LogP contribution in [-0.4, -0.2) is 59.6 Å². The molecule has 6 heteroatoms. The van der Waals surface area contributed by atoms with Crippen LogP contribution in [0, 0.1) is 17.6 Å². The van der Waals surface area contributed by atoms with E-state index in [-0.39, 0.29) is 29.7 Å². The lowest BCUT2D eigenvalue weighted by Crippen LogP contribution is -2.50. The Morgan fingerprint density at radius 3 is 2.00 bits per heavy atom. The van der Waals surface area contributed by atoms with Crippen LogP contribution in [0.1, 0.15) is 44.7 Å². The second-order valence-corrected chi connectivity index (χ2v) is 9.55. The first-order valence-electron chi connectivity index (χ1n) is 11.3. The number of halogens is 2. The first-order valence-corrected chi connectivity index (χ1v) is 11.3. The van der Waals surface area contributed by atoms with Gasteiger partial charge in [0.05, 0.1) is 11.5 Å². The zero-order valence-corrected chi connectivity index (χ0v) is 19.4. The SMILES string of the molecule is CC(C)CC(CN(C)C(=O)C(C)(c1ccc(F)cc1)c1ccc(F)cc1)N1CC[C@H](O)C1. The van der Waals surface area contributed by atoms with Crippen molar-refractivity contribution in [3.63, 3.8) is 0 Å². The number of likely N-dealkylation sites (N-methyl/N-ethyl adjacent to an activating group) is 1. The number of hydrogen-bond acceptors (Lipinski definition) is 3. The Labute approximate surface area is 189 Å². The fourth-order valence-electron chi connectivity index (χ4n) is 4.74. The van der Waals surface area contributed by atoms with Crippen molar-refractivity contribution in [3.05, 3.63) is 71.3 Å². The number of benzene rings is 2. The Balaban J connectivity index is 1.92. The van der Waals surface area contributed by atoms with E-state index in [4.69, 9.17) is 0 Å². The second-order valence-electron chi connectivity index (χ2n) is 9.55. The van der Waals surface area contributed by atoms with Crippen LogP contribution in [0.15, 0.2) is 48.5 Å². The van der Waals surface area contributed by atoms with Gasteiger partial charge in [-0.25, -0.2) is 8.78 Å². The van der Waals surface area contributed by atoms with Crippen molar-refractivity contribution in [2.75, 3.05) is 26.7 Å². The molecule has 1 heterocycles. The van der Waals surface area contributed by atoms with Gasteiger partial charge in [0.1, 0.15) is 11.6 Å². The van der Waals surface area contributed by atoms with E-state index < -0.39 is 5.41 Å². The number of hydrogen-bond donors (Lipinski definition) is 1. The third-order valence-electron chi connectivity index (χ3n) is 6.56. The molecule has 2 aromatic carbocycles. The summed E-state index contributed by atoms with van der Waals surface area (Å²) in [6.07, 6.45) is 1.33. The molecule has 1 fully saturated rings. The molecule has 2 aromatic rings. The van der Waals surface area contributed by atoms with Crippen LogP contribution in [0.25, 0.3) is 0 Å². The highest BCUT2D eigenvalue weighted by molar-refractivity contribution is 5.91. The van der Waals surface area contributed by atoms with E-state index >= 15 is 0 Å². The lowest BCUT2D eigenvalue weighted by atomic mass is 9.75. The predicted molar refractivity (Wildman–Crippen MR) is 122 cm³/mol. The summed E-state index contributed by atoms with van der Waals surface area (Å²) in [6.45, 7) is 8.07. The minimum Gasteiger partial charge on any atom is -0.392 e. The number of nitrogens with zero attached hydrogens (tertiary/aromatic N) is 2. The Kier molecular flexibility index (Phi) is 7.67. The van der Waals surface area contributed by atoms with Gasteiger partial charge in [-0.15, -0.1) is 0 Å². The molecule has 0 aliphatic carbocycles. The van der Waals surface area contributed by atoms with Crippen molar-refractivity contribution in [2.24, 2.45) is 5.92 Å². The predicted octanol–water partition coefficient (Wildman–Crippen LogP) is 4.21. The van der Waals surface area contributed by atoms with E-state index in [1.807, 2.05) is 6.92 Å². The fourth-order valence-corrected chi connectivity index (χ4v) is 4.74. The molecule has 1 aliphatic heterocycles. The van der Waals surface area contributed by atoms with Crippen LogP contribution in [0.5, 0.6) is 0 Å². The molecule has 1 aliphatic rings. The number of carbonyl (C=O) groups is 1. The Bertz CT molecular complexity index is 854. The van der Waals surface area contributed by atoms with Gasteiger partial charge in [-0.1, -0.05) is 38.1 Å². The molecule has 2 atom stereocenters. The zero-order chi connectivity index (χ0) is 23.5. The van der Waals surface area contributed by atoms with Crippen molar-refractivity contribution in [1.82, 2.24) is 9.80 Å². The molecule has 0 aromatic heterocycles. The van der Waals surface area contributed by atoms with Gasteiger partial charge in [-0.2, -0.15) is 0 Å². The van der Waals surface area contributed by atoms with Crippen LogP contribution in [0.2, 0.25) is 0 Å². The third-order valence-corrected chi connectivity index (χ3v) is 6.56. The van der Waals surface area contributed by atoms with Crippen molar-refractivity contribution >= 4 is 5.91 Å². The molecule has 0 radical (unpaired) electrons. The molecule has 1 unspecified atom stereocenters. The number of rotatable bonds is 8. The van der Waals surface area contributed by atoms with Crippen molar-refractivity contribution in [1.29, 1.82) is 0 Å². The minimum atomic E-state index is -1.09. The van der Waals surface area contributed by atoms with Gasteiger partial charge in [0.15, 0.2) is 0 Å². The molecule has 1 saturated heterocycles. The van der Waals surface area contributed by atoms with Gasteiger partial charge in [0, 0.05) is 32.7 Å². The molecule has 4 nitrogen and oxygen atoms in total. The molecule has 0 spiro atoms. The average molecular weight is 445 g/mol. The van der Waals surface area contributed by atoms with Gasteiger partial charge in [0.25, 0.3) is 0 Å². The van der Waals surface area contributed by atoms with Gasteiger partial charge in [-0.3, -0.25) is 9.69 Å². The maximum absolute atomic E-state index is 13.9. The van der Waals surface area contributed by atoms with Crippen LogP contribution >= 0.6 is 0 Å². The standard InChI is InChI=1S/C26H34F2N2O2/c1-18(2)15-23(30-14-13-24(31)17-30)16-29(4)25(32)26(3,19-5-9-21(27)10-6-19)20-7-11-22(28)12-8-20/h5-12,18,23-24,31H,13-17H2,1-4H3/t23?,24-/m0/s1. The topological polar surface area (TPSA) is 43.8 Å². The summed E-state index contributed by atoms with van der Waals surface area (Å²) in [4.78, 5) is 17.9. The maximum atomic E-state index is 13.9. The maximum Gasteiger partial charge on any atom is 0.237 e. The van der Waals surface area contributed by atoms with E-state index in [1.165, 1.54) is 24.3 Å². The van der Waals surface area contributed by atoms with Crippen molar-refractivity contribution in [3.8, 4) is 0 Å². The average Bonchev–Trinajstić information content (AvgIpc) is 3.19. The summed E-state index contributed by atoms with van der Waals surface area (Å²) < 4.78 is 27.2. The fraction of sp³-hybridized carbons (Fsp3) is 0.500. The van der Waals surface area contributed by atoms with E-state index in [0.717, 1.165) is 19.4 Å². The van der Waals surface area contributed by atoms with Gasteiger partial charge in [-0.05, 0) is 61.1 Å². The van der Waals surface area contributed by atoms with E-state index in [1.54, 1.807) is 36.2 Å². The largest absolute Gasteiger partial charge is 0.392 e. The number of likely N-dealkylation sites (tertiary alicyclic amines) is 1. The van der Waals surface area contributed by atoms with Crippen molar-refractivity contribution < 1.29 is 18.7 Å². The lowest BCUT2D eigenvalue weighted by molar-refractivity contribution is -0.134. The Morgan fingerprint density at radius 2 is 1.59 bits per heavy atom. The lowest BCUT2D eigenvalue weighted by Gasteiger charge is -2.37. The summed E-state index contributed by atoms with van der Waals surface area (Å²) in [5.74, 6) is -0.438. The molecule has 3 rings (SSSR count). The summed E-state index contributed by atoms with van der Waals surface area (Å²) in [5.41, 5.74) is 0.210. The number of aliphatic hydroxyl groups is 1. The second kappa shape index (κ2) is 10.1. The molecule has 174 valence electrons. The number of aliphatic hydroxyl groups excluding tert-OH is 1. The Hall–Kier alpha value is -2.31. The van der Waals surface area contributed by atoms with Crippen LogP contribution in [-0.2, 0) is 10.2 Å². The third kappa shape index (κ3) is 5.36. The molecular formula is C26H34F2N2O2. The van der Waals surface area contributed by atoms with E-state index in [2.05, 4.69) is 18.7 Å². The summed E-state index contributed by atoms with van der Waals surface area (Å²) >= 11 is 0. The number of amides is 1. The zero-order valence-electron chi connectivity index (χ0n) is 19.4. The first kappa shape index (κ1) is 24.3. The minimum absolute atomic E-state index is 0.131. The van der Waals surface area contributed by atoms with Crippen molar-refractivity contribution in [2.45, 2.75) is 51.2 Å². The molecule has 32 heavy (non-hydrogen) atoms. The van der Waals surface area contributed by atoms with Gasteiger partial charge in [0.2, 0.25) is 5.91 Å². The summed E-state index contributed by atoms with van der Waals surface area (Å²) in [5, 5.41) is 10.0. The smallest absolute Gasteiger partial charge is 0.237 e.